The van der Waals surface area contributed by atoms with E-state index in [0.717, 1.165) is 27.1 Å². The molecular formula is C15H15BrN4O2S. The number of rotatable bonds is 5. The van der Waals surface area contributed by atoms with Crippen molar-refractivity contribution in [3.05, 3.63) is 46.3 Å². The minimum absolute atomic E-state index is 0.583. The lowest BCUT2D eigenvalue weighted by Crippen LogP contribution is -2.11. The molecule has 0 atom stereocenters. The van der Waals surface area contributed by atoms with Gasteiger partial charge in [0.2, 0.25) is 5.16 Å². The number of aryl methyl sites for hydroxylation is 1. The number of halogens is 1. The first-order valence-electron chi connectivity index (χ1n) is 6.80. The third kappa shape index (κ3) is 3.23. The molecule has 3 rings (SSSR count). The first kappa shape index (κ1) is 15.9. The van der Waals surface area contributed by atoms with E-state index in [9.17, 15) is 0 Å². The molecule has 0 aliphatic heterocycles. The van der Waals surface area contributed by atoms with Crippen LogP contribution in [-0.2, 0) is 5.75 Å². The average Bonchev–Trinajstić information content (AvgIpc) is 3.11. The molecule has 0 fully saturated rings. The van der Waals surface area contributed by atoms with E-state index in [2.05, 4.69) is 26.1 Å². The van der Waals surface area contributed by atoms with Gasteiger partial charge in [0.05, 0.1) is 18.9 Å². The van der Waals surface area contributed by atoms with Crippen LogP contribution in [-0.4, -0.2) is 22.0 Å². The topological polar surface area (TPSA) is 79.1 Å². The van der Waals surface area contributed by atoms with Crippen molar-refractivity contribution in [3.8, 4) is 17.1 Å². The smallest absolute Gasteiger partial charge is 0.210 e. The Bertz CT molecular complexity index is 831. The van der Waals surface area contributed by atoms with Crippen molar-refractivity contribution < 1.29 is 9.15 Å². The van der Waals surface area contributed by atoms with Crippen molar-refractivity contribution in [3.63, 3.8) is 0 Å². The van der Waals surface area contributed by atoms with E-state index in [1.54, 1.807) is 13.4 Å². The molecule has 0 saturated heterocycles. The Morgan fingerprint density at radius 3 is 2.87 bits per heavy atom. The summed E-state index contributed by atoms with van der Waals surface area (Å²) in [5.74, 6) is 8.96. The Hall–Kier alpha value is -1.93. The van der Waals surface area contributed by atoms with Crippen LogP contribution < -0.4 is 10.6 Å². The lowest BCUT2D eigenvalue weighted by molar-refractivity contribution is 0.411. The van der Waals surface area contributed by atoms with E-state index in [1.165, 1.54) is 16.4 Å². The summed E-state index contributed by atoms with van der Waals surface area (Å²) < 4.78 is 13.1. The van der Waals surface area contributed by atoms with Crippen LogP contribution in [0, 0.1) is 6.92 Å². The highest BCUT2D eigenvalue weighted by Crippen LogP contribution is 2.31. The monoisotopic (exact) mass is 394 g/mol. The van der Waals surface area contributed by atoms with Crippen molar-refractivity contribution >= 4 is 27.7 Å². The van der Waals surface area contributed by atoms with Gasteiger partial charge in [-0.1, -0.05) is 27.7 Å². The molecular weight excluding hydrogens is 380 g/mol. The van der Waals surface area contributed by atoms with Gasteiger partial charge >= 0.3 is 0 Å². The maximum Gasteiger partial charge on any atom is 0.210 e. The van der Waals surface area contributed by atoms with Gasteiger partial charge in [-0.25, -0.2) is 4.68 Å². The number of thioether (sulfide) groups is 1. The second kappa shape index (κ2) is 6.67. The molecule has 0 amide bonds. The molecule has 0 radical (unpaired) electrons. The van der Waals surface area contributed by atoms with Crippen molar-refractivity contribution in [2.75, 3.05) is 13.0 Å². The molecule has 0 aliphatic carbocycles. The summed E-state index contributed by atoms with van der Waals surface area (Å²) in [6.07, 6.45) is 1.61. The molecule has 2 heterocycles. The van der Waals surface area contributed by atoms with Crippen molar-refractivity contribution in [2.45, 2.75) is 17.8 Å². The number of hydrogen-bond donors (Lipinski definition) is 1. The van der Waals surface area contributed by atoms with Crippen molar-refractivity contribution in [1.82, 2.24) is 14.9 Å². The summed E-state index contributed by atoms with van der Waals surface area (Å²) in [6, 6.07) is 7.71. The van der Waals surface area contributed by atoms with E-state index < -0.39 is 0 Å². The Kier molecular flexibility index (Phi) is 4.63. The number of nitrogens with two attached hydrogens (primary N) is 1. The Morgan fingerprint density at radius 2 is 2.17 bits per heavy atom. The number of nitrogens with zero attached hydrogens (tertiary/aromatic N) is 3. The number of furan rings is 1. The summed E-state index contributed by atoms with van der Waals surface area (Å²) in [7, 11) is 1.66. The summed E-state index contributed by atoms with van der Waals surface area (Å²) >= 11 is 4.97. The van der Waals surface area contributed by atoms with Gasteiger partial charge in [-0.3, -0.25) is 0 Å². The minimum Gasteiger partial charge on any atom is -0.496 e. The molecule has 3 aromatic rings. The summed E-state index contributed by atoms with van der Waals surface area (Å²) in [5.41, 5.74) is 1.89. The molecule has 0 unspecified atom stereocenters. The van der Waals surface area contributed by atoms with Gasteiger partial charge in [-0.15, -0.1) is 10.2 Å². The van der Waals surface area contributed by atoms with E-state index in [1.807, 2.05) is 31.2 Å². The van der Waals surface area contributed by atoms with Gasteiger partial charge in [-0.2, -0.15) is 0 Å². The normalized spacial score (nSPS) is 10.9. The molecule has 2 N–H and O–H groups in total. The second-order valence-corrected chi connectivity index (χ2v) is 6.67. The molecule has 23 heavy (non-hydrogen) atoms. The van der Waals surface area contributed by atoms with Crippen LogP contribution in [0.25, 0.3) is 11.4 Å². The lowest BCUT2D eigenvalue weighted by Gasteiger charge is -2.08. The summed E-state index contributed by atoms with van der Waals surface area (Å²) in [4.78, 5) is 0. The van der Waals surface area contributed by atoms with Crippen LogP contribution in [0.15, 0.2) is 44.6 Å². The van der Waals surface area contributed by atoms with Gasteiger partial charge in [0.25, 0.3) is 0 Å². The molecule has 0 aliphatic rings. The van der Waals surface area contributed by atoms with Crippen LogP contribution in [0.3, 0.4) is 0 Å². The van der Waals surface area contributed by atoms with Gasteiger partial charge in [0, 0.05) is 15.8 Å². The van der Waals surface area contributed by atoms with Gasteiger partial charge < -0.3 is 15.0 Å². The quantitative estimate of drug-likeness (QED) is 0.525. The second-order valence-electron chi connectivity index (χ2n) is 4.81. The zero-order chi connectivity index (χ0) is 16.4. The van der Waals surface area contributed by atoms with E-state index in [-0.39, 0.29) is 0 Å². The van der Waals surface area contributed by atoms with Crippen molar-refractivity contribution in [1.29, 1.82) is 0 Å². The molecule has 120 valence electrons. The maximum atomic E-state index is 6.12. The first-order valence-corrected chi connectivity index (χ1v) is 8.58. The zero-order valence-electron chi connectivity index (χ0n) is 12.6. The highest BCUT2D eigenvalue weighted by atomic mass is 79.9. The summed E-state index contributed by atoms with van der Waals surface area (Å²) in [5, 5.41) is 8.95. The zero-order valence-corrected chi connectivity index (χ0v) is 15.0. The number of methoxy groups -OCH3 is 1. The van der Waals surface area contributed by atoms with Gasteiger partial charge in [0.15, 0.2) is 5.82 Å². The Balaban J connectivity index is 1.81. The highest BCUT2D eigenvalue weighted by Gasteiger charge is 2.16. The average molecular weight is 395 g/mol. The molecule has 1 aromatic carbocycles. The SMILES string of the molecule is COc1ccc(Br)cc1CSc1nnc(-c2ccoc2C)n1N. The van der Waals surface area contributed by atoms with E-state index >= 15 is 0 Å². The third-order valence-electron chi connectivity index (χ3n) is 3.36. The molecule has 6 nitrogen and oxygen atoms in total. The third-order valence-corrected chi connectivity index (χ3v) is 4.85. The lowest BCUT2D eigenvalue weighted by atomic mass is 10.2. The Morgan fingerprint density at radius 1 is 1.35 bits per heavy atom. The number of nitrogen functional groups attached to an aromatic ring is 1. The van der Waals surface area contributed by atoms with Crippen LogP contribution in [0.2, 0.25) is 0 Å². The maximum absolute atomic E-state index is 6.12. The first-order chi connectivity index (χ1) is 11.1. The number of aromatic nitrogens is 3. The van der Waals surface area contributed by atoms with Crippen LogP contribution in [0.1, 0.15) is 11.3 Å². The largest absolute Gasteiger partial charge is 0.496 e. The van der Waals surface area contributed by atoms with Crippen LogP contribution in [0.4, 0.5) is 0 Å². The standard InChI is InChI=1S/C15H15BrN4O2S/c1-9-12(5-6-22-9)14-18-19-15(20(14)17)23-8-10-7-11(16)3-4-13(10)21-2/h3-7H,8,17H2,1-2H3. The summed E-state index contributed by atoms with van der Waals surface area (Å²) in [6.45, 7) is 1.86. The fraction of sp³-hybridized carbons (Fsp3) is 0.200. The minimum atomic E-state index is 0.583. The predicted molar refractivity (Wildman–Crippen MR) is 92.9 cm³/mol. The number of hydrogen-bond acceptors (Lipinski definition) is 6. The van der Waals surface area contributed by atoms with Crippen molar-refractivity contribution in [2.24, 2.45) is 0 Å². The molecule has 0 saturated carbocycles. The fourth-order valence-electron chi connectivity index (χ4n) is 2.18. The molecule has 0 bridgehead atoms. The highest BCUT2D eigenvalue weighted by molar-refractivity contribution is 9.10. The van der Waals surface area contributed by atoms with Crippen LogP contribution >= 0.6 is 27.7 Å². The molecule has 8 heteroatoms. The van der Waals surface area contributed by atoms with Gasteiger partial charge in [0.1, 0.15) is 11.5 Å². The fourth-order valence-corrected chi connectivity index (χ4v) is 3.42. The number of ether oxygens (including phenoxy) is 1. The van der Waals surface area contributed by atoms with E-state index in [0.29, 0.717) is 16.7 Å². The van der Waals surface area contributed by atoms with Gasteiger partial charge in [-0.05, 0) is 31.2 Å². The molecule has 0 spiro atoms. The van der Waals surface area contributed by atoms with E-state index in [4.69, 9.17) is 15.0 Å². The Labute approximate surface area is 146 Å². The number of benzene rings is 1. The predicted octanol–water partition coefficient (Wildman–Crippen LogP) is 3.62. The van der Waals surface area contributed by atoms with Crippen LogP contribution in [0.5, 0.6) is 5.75 Å². The molecule has 2 aromatic heterocycles.